The third kappa shape index (κ3) is 3.38. The van der Waals surface area contributed by atoms with E-state index in [9.17, 15) is 13.2 Å². The van der Waals surface area contributed by atoms with Crippen molar-refractivity contribution < 1.29 is 13.2 Å². The summed E-state index contributed by atoms with van der Waals surface area (Å²) in [6, 6.07) is 7.70. The maximum atomic E-state index is 14.1. The van der Waals surface area contributed by atoms with Crippen molar-refractivity contribution in [1.29, 1.82) is 0 Å². The highest BCUT2D eigenvalue weighted by Crippen LogP contribution is 2.22. The first-order valence-electron chi connectivity index (χ1n) is 8.80. The van der Waals surface area contributed by atoms with Gasteiger partial charge in [-0.1, -0.05) is 0 Å². The number of halogens is 3. The van der Waals surface area contributed by atoms with Crippen LogP contribution in [0, 0.1) is 24.4 Å². The molecule has 28 heavy (non-hydrogen) atoms. The minimum Gasteiger partial charge on any atom is -0.341 e. The molecule has 4 aromatic rings. The van der Waals surface area contributed by atoms with Crippen molar-refractivity contribution >= 4 is 11.0 Å². The van der Waals surface area contributed by atoms with Gasteiger partial charge in [-0.2, -0.15) is 5.10 Å². The Labute approximate surface area is 159 Å². The lowest BCUT2D eigenvalue weighted by atomic mass is 10.1. The number of aromatic nitrogens is 4. The first-order valence-corrected chi connectivity index (χ1v) is 8.80. The molecule has 0 unspecified atom stereocenters. The molecule has 0 saturated heterocycles. The smallest absolute Gasteiger partial charge is 0.151 e. The normalized spacial score (nSPS) is 12.6. The van der Waals surface area contributed by atoms with Gasteiger partial charge in [0.2, 0.25) is 0 Å². The van der Waals surface area contributed by atoms with E-state index in [2.05, 4.69) is 20.4 Å². The van der Waals surface area contributed by atoms with Crippen LogP contribution in [-0.4, -0.2) is 19.7 Å². The van der Waals surface area contributed by atoms with E-state index >= 15 is 0 Å². The van der Waals surface area contributed by atoms with Crippen LogP contribution in [0.3, 0.4) is 0 Å². The summed E-state index contributed by atoms with van der Waals surface area (Å²) in [4.78, 5) is 7.51. The van der Waals surface area contributed by atoms with Gasteiger partial charge >= 0.3 is 0 Å². The number of H-pyrrole nitrogens is 1. The SMILES string of the molecule is Cc1c([C@H](C)NCc2nc3ccc(F)cc3[nH]2)cnn1-c1ccc(F)cc1F. The number of benzene rings is 2. The number of aromatic amines is 1. The summed E-state index contributed by atoms with van der Waals surface area (Å²) in [7, 11) is 0. The Kier molecular flexibility index (Phi) is 4.64. The Morgan fingerprint density at radius 3 is 2.64 bits per heavy atom. The molecule has 8 heteroatoms. The zero-order valence-electron chi connectivity index (χ0n) is 15.3. The van der Waals surface area contributed by atoms with Gasteiger partial charge in [-0.3, -0.25) is 0 Å². The molecule has 2 aromatic heterocycles. The number of fused-ring (bicyclic) bond motifs is 1. The monoisotopic (exact) mass is 385 g/mol. The summed E-state index contributed by atoms with van der Waals surface area (Å²) >= 11 is 0. The highest BCUT2D eigenvalue weighted by Gasteiger charge is 2.17. The number of rotatable bonds is 5. The van der Waals surface area contributed by atoms with Crippen molar-refractivity contribution in [3.05, 3.63) is 77.1 Å². The van der Waals surface area contributed by atoms with Crippen molar-refractivity contribution in [2.24, 2.45) is 0 Å². The second-order valence-corrected chi connectivity index (χ2v) is 6.64. The van der Waals surface area contributed by atoms with Crippen molar-refractivity contribution in [3.63, 3.8) is 0 Å². The molecule has 0 aliphatic carbocycles. The van der Waals surface area contributed by atoms with Crippen LogP contribution in [0.2, 0.25) is 0 Å². The predicted molar refractivity (Wildman–Crippen MR) is 99.5 cm³/mol. The van der Waals surface area contributed by atoms with E-state index in [1.54, 1.807) is 12.3 Å². The summed E-state index contributed by atoms with van der Waals surface area (Å²) in [6.45, 7) is 4.22. The molecular weight excluding hydrogens is 367 g/mol. The predicted octanol–water partition coefficient (Wildman–Crippen LogP) is 4.33. The molecule has 2 N–H and O–H groups in total. The molecule has 2 aromatic carbocycles. The summed E-state index contributed by atoms with van der Waals surface area (Å²) in [5.41, 5.74) is 3.15. The van der Waals surface area contributed by atoms with E-state index < -0.39 is 11.6 Å². The van der Waals surface area contributed by atoms with Gasteiger partial charge in [0, 0.05) is 23.4 Å². The summed E-state index contributed by atoms with van der Waals surface area (Å²) < 4.78 is 42.0. The summed E-state index contributed by atoms with van der Waals surface area (Å²) in [6.07, 6.45) is 1.66. The number of nitrogens with one attached hydrogen (secondary N) is 2. The molecule has 0 radical (unpaired) electrons. The average Bonchev–Trinajstić information content (AvgIpc) is 3.23. The standard InChI is InChI=1S/C20H18F3N5/c1-11(24-10-20-26-17-5-3-14(22)8-18(17)27-20)15-9-25-28(12(15)2)19-6-4-13(21)7-16(19)23/h3-9,11,24H,10H2,1-2H3,(H,26,27)/t11-/m0/s1. The van der Waals surface area contributed by atoms with E-state index in [1.165, 1.54) is 28.9 Å². The molecule has 2 heterocycles. The first kappa shape index (κ1) is 18.2. The first-order chi connectivity index (χ1) is 13.4. The van der Waals surface area contributed by atoms with Gasteiger partial charge in [-0.15, -0.1) is 0 Å². The molecule has 1 atom stereocenters. The van der Waals surface area contributed by atoms with Crippen LogP contribution < -0.4 is 5.32 Å². The number of hydrogen-bond donors (Lipinski definition) is 2. The molecule has 0 saturated carbocycles. The third-order valence-corrected chi connectivity index (χ3v) is 4.72. The van der Waals surface area contributed by atoms with Gasteiger partial charge in [0.15, 0.2) is 5.82 Å². The van der Waals surface area contributed by atoms with Crippen LogP contribution in [-0.2, 0) is 6.54 Å². The van der Waals surface area contributed by atoms with Crippen molar-refractivity contribution in [2.45, 2.75) is 26.4 Å². The molecule has 144 valence electrons. The molecule has 0 aliphatic rings. The van der Waals surface area contributed by atoms with E-state index in [4.69, 9.17) is 0 Å². The molecule has 0 spiro atoms. The van der Waals surface area contributed by atoms with Gasteiger partial charge in [-0.05, 0) is 44.2 Å². The Bertz CT molecular complexity index is 1150. The lowest BCUT2D eigenvalue weighted by Gasteiger charge is -2.13. The van der Waals surface area contributed by atoms with Gasteiger partial charge < -0.3 is 10.3 Å². The van der Waals surface area contributed by atoms with Crippen LogP contribution in [0.25, 0.3) is 16.7 Å². The van der Waals surface area contributed by atoms with Crippen molar-refractivity contribution in [1.82, 2.24) is 25.1 Å². The van der Waals surface area contributed by atoms with E-state index in [0.717, 1.165) is 17.3 Å². The third-order valence-electron chi connectivity index (χ3n) is 4.72. The van der Waals surface area contributed by atoms with Crippen LogP contribution in [0.4, 0.5) is 13.2 Å². The van der Waals surface area contributed by atoms with E-state index in [-0.39, 0.29) is 17.5 Å². The largest absolute Gasteiger partial charge is 0.341 e. The van der Waals surface area contributed by atoms with Crippen molar-refractivity contribution in [2.75, 3.05) is 0 Å². The Morgan fingerprint density at radius 1 is 1.11 bits per heavy atom. The fraction of sp³-hybridized carbons (Fsp3) is 0.200. The molecule has 0 fully saturated rings. The quantitative estimate of drug-likeness (QED) is 0.538. The lowest BCUT2D eigenvalue weighted by molar-refractivity contribution is 0.558. The Morgan fingerprint density at radius 2 is 1.86 bits per heavy atom. The Balaban J connectivity index is 1.51. The lowest BCUT2D eigenvalue weighted by Crippen LogP contribution is -2.19. The van der Waals surface area contributed by atoms with E-state index in [0.29, 0.717) is 23.4 Å². The number of imidazole rings is 1. The highest BCUT2D eigenvalue weighted by molar-refractivity contribution is 5.74. The maximum absolute atomic E-state index is 14.1. The van der Waals surface area contributed by atoms with Crippen LogP contribution in [0.15, 0.2) is 42.6 Å². The van der Waals surface area contributed by atoms with Crippen LogP contribution in [0.5, 0.6) is 0 Å². The van der Waals surface area contributed by atoms with Gasteiger partial charge in [0.05, 0.1) is 23.8 Å². The fourth-order valence-corrected chi connectivity index (χ4v) is 3.22. The molecule has 4 rings (SSSR count). The zero-order chi connectivity index (χ0) is 19.8. The zero-order valence-corrected chi connectivity index (χ0v) is 15.3. The van der Waals surface area contributed by atoms with Crippen LogP contribution in [0.1, 0.15) is 30.0 Å². The maximum Gasteiger partial charge on any atom is 0.151 e. The second-order valence-electron chi connectivity index (χ2n) is 6.64. The highest BCUT2D eigenvalue weighted by atomic mass is 19.1. The molecular formula is C20H18F3N5. The van der Waals surface area contributed by atoms with Crippen LogP contribution >= 0.6 is 0 Å². The van der Waals surface area contributed by atoms with E-state index in [1.807, 2.05) is 13.8 Å². The molecule has 5 nitrogen and oxygen atoms in total. The second kappa shape index (κ2) is 7.12. The van der Waals surface area contributed by atoms with Gasteiger partial charge in [-0.25, -0.2) is 22.8 Å². The molecule has 0 aliphatic heterocycles. The average molecular weight is 385 g/mol. The van der Waals surface area contributed by atoms with Crippen molar-refractivity contribution in [3.8, 4) is 5.69 Å². The molecule has 0 bridgehead atoms. The summed E-state index contributed by atoms with van der Waals surface area (Å²) in [5, 5.41) is 7.57. The van der Waals surface area contributed by atoms with Gasteiger partial charge in [0.25, 0.3) is 0 Å². The Hall–Kier alpha value is -3.13. The summed E-state index contributed by atoms with van der Waals surface area (Å²) in [5.74, 6) is -0.943. The number of hydrogen-bond acceptors (Lipinski definition) is 3. The molecule has 0 amide bonds. The number of nitrogens with zero attached hydrogens (tertiary/aromatic N) is 3. The topological polar surface area (TPSA) is 58.5 Å². The minimum atomic E-state index is -0.673. The minimum absolute atomic E-state index is 0.0952. The fourth-order valence-electron chi connectivity index (χ4n) is 3.22. The van der Waals surface area contributed by atoms with Gasteiger partial charge in [0.1, 0.15) is 23.1 Å².